The second-order valence-electron chi connectivity index (χ2n) is 6.35. The molecule has 1 aromatic heterocycles. The molecule has 1 aliphatic rings. The fourth-order valence-corrected chi connectivity index (χ4v) is 3.34. The van der Waals surface area contributed by atoms with Crippen LogP contribution in [0.15, 0.2) is 48.7 Å². The van der Waals surface area contributed by atoms with Crippen LogP contribution in [-0.4, -0.2) is 27.6 Å². The molecular formula is C20H18ClN3O3. The van der Waals surface area contributed by atoms with Gasteiger partial charge >= 0.3 is 6.09 Å². The standard InChI is InChI=1S/C20H18ClN3O3/c21-17-5-4-16(11-15(17)12-22-20(25)26)24-8-7-18(23-24)13-3-6-19-14(10-13)2-1-9-27-19/h3-8,10-11,22H,1-2,9,12H2,(H,25,26). The second-order valence-corrected chi connectivity index (χ2v) is 6.76. The highest BCUT2D eigenvalue weighted by atomic mass is 35.5. The molecule has 0 unspecified atom stereocenters. The maximum Gasteiger partial charge on any atom is 0.404 e. The largest absolute Gasteiger partial charge is 0.493 e. The smallest absolute Gasteiger partial charge is 0.404 e. The first-order chi connectivity index (χ1) is 13.1. The number of aryl methyl sites for hydroxylation is 1. The van der Waals surface area contributed by atoms with Crippen molar-refractivity contribution in [3.63, 3.8) is 0 Å². The van der Waals surface area contributed by atoms with Crippen LogP contribution in [0.2, 0.25) is 5.02 Å². The number of benzene rings is 2. The van der Waals surface area contributed by atoms with Crippen LogP contribution in [0.25, 0.3) is 16.9 Å². The minimum Gasteiger partial charge on any atom is -0.493 e. The predicted molar refractivity (Wildman–Crippen MR) is 103 cm³/mol. The van der Waals surface area contributed by atoms with Crippen molar-refractivity contribution in [2.75, 3.05) is 6.61 Å². The van der Waals surface area contributed by atoms with E-state index >= 15 is 0 Å². The Morgan fingerprint density at radius 2 is 2.15 bits per heavy atom. The van der Waals surface area contributed by atoms with E-state index in [0.717, 1.165) is 42.1 Å². The van der Waals surface area contributed by atoms with E-state index < -0.39 is 6.09 Å². The Balaban J connectivity index is 1.61. The summed E-state index contributed by atoms with van der Waals surface area (Å²) in [5.41, 5.74) is 4.62. The quantitative estimate of drug-likeness (QED) is 0.704. The Hall–Kier alpha value is -2.99. The average molecular weight is 384 g/mol. The molecule has 0 saturated carbocycles. The van der Waals surface area contributed by atoms with Gasteiger partial charge in [0.25, 0.3) is 0 Å². The molecule has 3 aromatic rings. The normalized spacial score (nSPS) is 12.9. The third-order valence-electron chi connectivity index (χ3n) is 4.52. The van der Waals surface area contributed by atoms with Crippen molar-refractivity contribution in [3.05, 3.63) is 64.8 Å². The van der Waals surface area contributed by atoms with E-state index in [1.165, 1.54) is 5.56 Å². The minimum atomic E-state index is -1.09. The number of ether oxygens (including phenoxy) is 1. The molecule has 0 aliphatic carbocycles. The maximum atomic E-state index is 10.7. The molecule has 0 radical (unpaired) electrons. The fourth-order valence-electron chi connectivity index (χ4n) is 3.15. The van der Waals surface area contributed by atoms with Gasteiger partial charge in [0, 0.05) is 23.3 Å². The van der Waals surface area contributed by atoms with Gasteiger partial charge in [-0.15, -0.1) is 0 Å². The van der Waals surface area contributed by atoms with Crippen LogP contribution in [0.1, 0.15) is 17.5 Å². The van der Waals surface area contributed by atoms with E-state index in [4.69, 9.17) is 21.4 Å². The van der Waals surface area contributed by atoms with Crippen LogP contribution < -0.4 is 10.1 Å². The lowest BCUT2D eigenvalue weighted by atomic mass is 10.0. The molecule has 1 amide bonds. The number of hydrogen-bond acceptors (Lipinski definition) is 3. The van der Waals surface area contributed by atoms with Gasteiger partial charge in [-0.05, 0) is 66.4 Å². The number of aromatic nitrogens is 2. The average Bonchev–Trinajstić information content (AvgIpc) is 3.17. The summed E-state index contributed by atoms with van der Waals surface area (Å²) in [6.45, 7) is 0.914. The number of halogens is 1. The first-order valence-corrected chi connectivity index (χ1v) is 9.05. The van der Waals surface area contributed by atoms with Crippen molar-refractivity contribution in [3.8, 4) is 22.7 Å². The van der Waals surface area contributed by atoms with Gasteiger partial charge < -0.3 is 15.2 Å². The van der Waals surface area contributed by atoms with Crippen LogP contribution in [0.4, 0.5) is 4.79 Å². The van der Waals surface area contributed by atoms with Crippen LogP contribution in [0.3, 0.4) is 0 Å². The van der Waals surface area contributed by atoms with Gasteiger partial charge in [-0.3, -0.25) is 0 Å². The van der Waals surface area contributed by atoms with E-state index in [1.807, 2.05) is 36.5 Å². The number of amides is 1. The molecule has 0 saturated heterocycles. The molecular weight excluding hydrogens is 366 g/mol. The predicted octanol–water partition coefficient (Wildman–Crippen LogP) is 4.29. The number of nitrogens with zero attached hydrogens (tertiary/aromatic N) is 2. The summed E-state index contributed by atoms with van der Waals surface area (Å²) in [5, 5.41) is 16.3. The van der Waals surface area contributed by atoms with Crippen LogP contribution in [-0.2, 0) is 13.0 Å². The van der Waals surface area contributed by atoms with Crippen molar-refractivity contribution >= 4 is 17.7 Å². The zero-order valence-electron chi connectivity index (χ0n) is 14.5. The number of nitrogens with one attached hydrogen (secondary N) is 1. The molecule has 2 N–H and O–H groups in total. The lowest BCUT2D eigenvalue weighted by molar-refractivity contribution is 0.194. The number of hydrogen-bond donors (Lipinski definition) is 2. The van der Waals surface area contributed by atoms with Crippen molar-refractivity contribution < 1.29 is 14.6 Å². The summed E-state index contributed by atoms with van der Waals surface area (Å²) < 4.78 is 7.42. The van der Waals surface area contributed by atoms with Crippen molar-refractivity contribution in [2.45, 2.75) is 19.4 Å². The highest BCUT2D eigenvalue weighted by Gasteiger charge is 2.13. The van der Waals surface area contributed by atoms with Crippen LogP contribution >= 0.6 is 11.6 Å². The highest BCUT2D eigenvalue weighted by Crippen LogP contribution is 2.30. The molecule has 6 nitrogen and oxygen atoms in total. The van der Waals surface area contributed by atoms with Gasteiger partial charge in [0.05, 0.1) is 18.0 Å². The molecule has 138 valence electrons. The molecule has 0 spiro atoms. The van der Waals surface area contributed by atoms with Gasteiger partial charge in [0.15, 0.2) is 0 Å². The fraction of sp³-hybridized carbons (Fsp3) is 0.200. The first kappa shape index (κ1) is 17.4. The summed E-state index contributed by atoms with van der Waals surface area (Å²) >= 11 is 6.16. The van der Waals surface area contributed by atoms with Crippen molar-refractivity contribution in [2.24, 2.45) is 0 Å². The Kier molecular flexibility index (Phi) is 4.73. The van der Waals surface area contributed by atoms with Crippen LogP contribution in [0.5, 0.6) is 5.75 Å². The molecule has 27 heavy (non-hydrogen) atoms. The third kappa shape index (κ3) is 3.75. The topological polar surface area (TPSA) is 76.4 Å². The van der Waals surface area contributed by atoms with Gasteiger partial charge in [-0.2, -0.15) is 5.10 Å². The monoisotopic (exact) mass is 383 g/mol. The first-order valence-electron chi connectivity index (χ1n) is 8.67. The lowest BCUT2D eigenvalue weighted by Gasteiger charge is -2.17. The summed E-state index contributed by atoms with van der Waals surface area (Å²) in [6, 6.07) is 13.5. The molecule has 0 atom stereocenters. The molecule has 0 fully saturated rings. The Bertz CT molecular complexity index is 1000. The third-order valence-corrected chi connectivity index (χ3v) is 4.89. The number of fused-ring (bicyclic) bond motifs is 1. The highest BCUT2D eigenvalue weighted by molar-refractivity contribution is 6.31. The number of carboxylic acid groups (broad SMARTS) is 1. The minimum absolute atomic E-state index is 0.140. The van der Waals surface area contributed by atoms with Crippen molar-refractivity contribution in [1.82, 2.24) is 15.1 Å². The molecule has 0 bridgehead atoms. The van der Waals surface area contributed by atoms with Gasteiger partial charge in [-0.25, -0.2) is 9.48 Å². The number of carbonyl (C=O) groups is 1. The van der Waals surface area contributed by atoms with E-state index in [-0.39, 0.29) is 6.54 Å². The summed E-state index contributed by atoms with van der Waals surface area (Å²) in [5.74, 6) is 0.956. The Morgan fingerprint density at radius 3 is 3.00 bits per heavy atom. The summed E-state index contributed by atoms with van der Waals surface area (Å²) in [7, 11) is 0. The van der Waals surface area contributed by atoms with E-state index in [2.05, 4.69) is 16.5 Å². The van der Waals surface area contributed by atoms with E-state index in [1.54, 1.807) is 10.7 Å². The molecule has 7 heteroatoms. The lowest BCUT2D eigenvalue weighted by Crippen LogP contribution is -2.20. The Morgan fingerprint density at radius 1 is 1.26 bits per heavy atom. The maximum absolute atomic E-state index is 10.7. The van der Waals surface area contributed by atoms with E-state index in [0.29, 0.717) is 10.6 Å². The number of rotatable bonds is 4. The molecule has 1 aliphatic heterocycles. The SMILES string of the molecule is O=C(O)NCc1cc(-n2ccc(-c3ccc4c(c3)CCCO4)n2)ccc1Cl. The zero-order valence-corrected chi connectivity index (χ0v) is 15.2. The zero-order chi connectivity index (χ0) is 18.8. The van der Waals surface area contributed by atoms with Gasteiger partial charge in [-0.1, -0.05) is 11.6 Å². The Labute approximate surface area is 161 Å². The molecule has 2 heterocycles. The van der Waals surface area contributed by atoms with Gasteiger partial charge in [0.2, 0.25) is 0 Å². The molecule has 4 rings (SSSR count). The van der Waals surface area contributed by atoms with Crippen LogP contribution in [0, 0.1) is 0 Å². The van der Waals surface area contributed by atoms with Crippen molar-refractivity contribution in [1.29, 1.82) is 0 Å². The van der Waals surface area contributed by atoms with E-state index in [9.17, 15) is 4.79 Å². The molecule has 2 aromatic carbocycles. The summed E-state index contributed by atoms with van der Waals surface area (Å²) in [6.07, 6.45) is 2.83. The summed E-state index contributed by atoms with van der Waals surface area (Å²) in [4.78, 5) is 10.7. The second kappa shape index (κ2) is 7.32. The van der Waals surface area contributed by atoms with Gasteiger partial charge in [0.1, 0.15) is 5.75 Å².